The van der Waals surface area contributed by atoms with Crippen molar-refractivity contribution < 1.29 is 14.2 Å². The Bertz CT molecular complexity index is 268. The second kappa shape index (κ2) is 23.8. The van der Waals surface area contributed by atoms with Crippen molar-refractivity contribution in [2.45, 2.75) is 96.4 Å². The number of nitrogens with two attached hydrogens (primary N) is 2. The van der Waals surface area contributed by atoms with E-state index >= 15 is 0 Å². The van der Waals surface area contributed by atoms with Crippen LogP contribution in [0.15, 0.2) is 0 Å². The second-order valence-corrected chi connectivity index (χ2v) is 7.50. The molecule has 1 atom stereocenters. The third-order valence-electron chi connectivity index (χ3n) is 4.80. The fourth-order valence-electron chi connectivity index (χ4n) is 3.00. The van der Waals surface area contributed by atoms with Crippen LogP contribution in [0, 0.1) is 0 Å². The first kappa shape index (κ1) is 26.8. The Morgan fingerprint density at radius 1 is 0.556 bits per heavy atom. The summed E-state index contributed by atoms with van der Waals surface area (Å²) in [6.45, 7) is 6.89. The lowest BCUT2D eigenvalue weighted by Crippen LogP contribution is -2.22. The van der Waals surface area contributed by atoms with Gasteiger partial charge in [0.2, 0.25) is 0 Å². The molecule has 0 bridgehead atoms. The van der Waals surface area contributed by atoms with E-state index in [2.05, 4.69) is 6.92 Å². The summed E-state index contributed by atoms with van der Waals surface area (Å²) < 4.78 is 16.4. The van der Waals surface area contributed by atoms with Crippen LogP contribution in [-0.4, -0.2) is 52.2 Å². The number of hydrogen-bond donors (Lipinski definition) is 2. The predicted octanol–water partition coefficient (Wildman–Crippen LogP) is 4.41. The molecule has 0 aromatic rings. The lowest BCUT2D eigenvalue weighted by molar-refractivity contribution is 0.0132. The standard InChI is InChI=1S/C22H48N2O3/c1-2-3-4-5-6-7-8-9-10-11-13-22(24)14-17-26-19-21-27-20-18-25-16-12-15-23/h22H,2-21,23-24H2,1H3. The molecule has 164 valence electrons. The van der Waals surface area contributed by atoms with Crippen LogP contribution < -0.4 is 11.5 Å². The molecule has 0 aliphatic heterocycles. The van der Waals surface area contributed by atoms with Gasteiger partial charge < -0.3 is 25.7 Å². The van der Waals surface area contributed by atoms with Gasteiger partial charge in [-0.3, -0.25) is 0 Å². The van der Waals surface area contributed by atoms with Crippen molar-refractivity contribution in [1.29, 1.82) is 0 Å². The minimum Gasteiger partial charge on any atom is -0.379 e. The van der Waals surface area contributed by atoms with E-state index in [1.54, 1.807) is 0 Å². The van der Waals surface area contributed by atoms with E-state index < -0.39 is 0 Å². The van der Waals surface area contributed by atoms with Gasteiger partial charge in [-0.1, -0.05) is 71.1 Å². The topological polar surface area (TPSA) is 79.7 Å². The Labute approximate surface area is 168 Å². The van der Waals surface area contributed by atoms with Gasteiger partial charge in [0.05, 0.1) is 26.4 Å². The third-order valence-corrected chi connectivity index (χ3v) is 4.80. The van der Waals surface area contributed by atoms with E-state index in [0.717, 1.165) is 25.9 Å². The molecule has 0 aromatic carbocycles. The third kappa shape index (κ3) is 23.8. The Balaban J connectivity index is 3.12. The van der Waals surface area contributed by atoms with Gasteiger partial charge in [0.15, 0.2) is 0 Å². The molecule has 5 heteroatoms. The van der Waals surface area contributed by atoms with Gasteiger partial charge in [0, 0.05) is 19.3 Å². The molecule has 0 saturated carbocycles. The lowest BCUT2D eigenvalue weighted by Gasteiger charge is -2.12. The van der Waals surface area contributed by atoms with Gasteiger partial charge in [-0.2, -0.15) is 0 Å². The fourth-order valence-corrected chi connectivity index (χ4v) is 3.00. The summed E-state index contributed by atoms with van der Waals surface area (Å²) in [4.78, 5) is 0. The summed E-state index contributed by atoms with van der Waals surface area (Å²) in [5.41, 5.74) is 11.6. The molecule has 0 aromatic heterocycles. The summed E-state index contributed by atoms with van der Waals surface area (Å²) >= 11 is 0. The van der Waals surface area contributed by atoms with Crippen molar-refractivity contribution in [3.8, 4) is 0 Å². The SMILES string of the molecule is CCCCCCCCCCCCC(N)CCOCCOCCOCCCN. The van der Waals surface area contributed by atoms with Gasteiger partial charge in [0.25, 0.3) is 0 Å². The van der Waals surface area contributed by atoms with Gasteiger partial charge in [-0.05, 0) is 25.8 Å². The molecule has 0 radical (unpaired) electrons. The van der Waals surface area contributed by atoms with Crippen LogP contribution in [0.3, 0.4) is 0 Å². The van der Waals surface area contributed by atoms with Crippen LogP contribution in [0.5, 0.6) is 0 Å². The quantitative estimate of drug-likeness (QED) is 0.253. The zero-order valence-corrected chi connectivity index (χ0v) is 18.1. The highest BCUT2D eigenvalue weighted by Crippen LogP contribution is 2.12. The predicted molar refractivity (Wildman–Crippen MR) is 115 cm³/mol. The Kier molecular flexibility index (Phi) is 23.7. The Hall–Kier alpha value is -0.200. The maximum Gasteiger partial charge on any atom is 0.0701 e. The van der Waals surface area contributed by atoms with E-state index in [-0.39, 0.29) is 6.04 Å². The maximum atomic E-state index is 6.17. The van der Waals surface area contributed by atoms with Crippen LogP contribution in [0.4, 0.5) is 0 Å². The summed E-state index contributed by atoms with van der Waals surface area (Å²) in [6, 6.07) is 0.274. The van der Waals surface area contributed by atoms with Gasteiger partial charge >= 0.3 is 0 Å². The highest BCUT2D eigenvalue weighted by atomic mass is 16.5. The van der Waals surface area contributed by atoms with Crippen LogP contribution in [0.25, 0.3) is 0 Å². The van der Waals surface area contributed by atoms with Gasteiger partial charge in [-0.15, -0.1) is 0 Å². The first-order chi connectivity index (χ1) is 13.3. The first-order valence-electron chi connectivity index (χ1n) is 11.5. The van der Waals surface area contributed by atoms with E-state index in [1.165, 1.54) is 64.2 Å². The average molecular weight is 389 g/mol. The molecule has 5 nitrogen and oxygen atoms in total. The highest BCUT2D eigenvalue weighted by Gasteiger charge is 2.02. The number of hydrogen-bond acceptors (Lipinski definition) is 5. The minimum absolute atomic E-state index is 0.274. The Morgan fingerprint density at radius 2 is 1.04 bits per heavy atom. The zero-order valence-electron chi connectivity index (χ0n) is 18.1. The second-order valence-electron chi connectivity index (χ2n) is 7.50. The van der Waals surface area contributed by atoms with Crippen molar-refractivity contribution in [3.05, 3.63) is 0 Å². The summed E-state index contributed by atoms with van der Waals surface area (Å²) in [5, 5.41) is 0. The molecule has 0 rings (SSSR count). The van der Waals surface area contributed by atoms with Gasteiger partial charge in [-0.25, -0.2) is 0 Å². The lowest BCUT2D eigenvalue weighted by atomic mass is 10.0. The molecule has 27 heavy (non-hydrogen) atoms. The first-order valence-corrected chi connectivity index (χ1v) is 11.5. The van der Waals surface area contributed by atoms with Crippen molar-refractivity contribution in [2.75, 3.05) is 46.2 Å². The summed E-state index contributed by atoms with van der Waals surface area (Å²) in [6.07, 6.45) is 16.7. The molecule has 0 aliphatic carbocycles. The van der Waals surface area contributed by atoms with E-state index in [4.69, 9.17) is 25.7 Å². The van der Waals surface area contributed by atoms with Crippen molar-refractivity contribution in [1.82, 2.24) is 0 Å². The van der Waals surface area contributed by atoms with Crippen LogP contribution in [0.2, 0.25) is 0 Å². The number of rotatable bonds is 23. The molecule has 0 fully saturated rings. The van der Waals surface area contributed by atoms with Crippen LogP contribution in [-0.2, 0) is 14.2 Å². The summed E-state index contributed by atoms with van der Waals surface area (Å²) in [5.74, 6) is 0. The van der Waals surface area contributed by atoms with Gasteiger partial charge in [0.1, 0.15) is 0 Å². The van der Waals surface area contributed by atoms with E-state index in [0.29, 0.717) is 39.6 Å². The molecule has 0 amide bonds. The van der Waals surface area contributed by atoms with Crippen molar-refractivity contribution in [3.63, 3.8) is 0 Å². The molecule has 1 unspecified atom stereocenters. The molecular weight excluding hydrogens is 340 g/mol. The van der Waals surface area contributed by atoms with E-state index in [9.17, 15) is 0 Å². The van der Waals surface area contributed by atoms with Crippen LogP contribution in [0.1, 0.15) is 90.4 Å². The maximum absolute atomic E-state index is 6.17. The molecule has 4 N–H and O–H groups in total. The molecule has 0 heterocycles. The smallest absolute Gasteiger partial charge is 0.0701 e. The fraction of sp³-hybridized carbons (Fsp3) is 1.00. The minimum atomic E-state index is 0.274. The number of unbranched alkanes of at least 4 members (excludes halogenated alkanes) is 9. The normalized spacial score (nSPS) is 12.6. The van der Waals surface area contributed by atoms with Crippen LogP contribution >= 0.6 is 0 Å². The largest absolute Gasteiger partial charge is 0.379 e. The van der Waals surface area contributed by atoms with E-state index in [1.807, 2.05) is 0 Å². The average Bonchev–Trinajstić information content (AvgIpc) is 2.67. The molecule has 0 saturated heterocycles. The van der Waals surface area contributed by atoms with Crippen molar-refractivity contribution >= 4 is 0 Å². The number of ether oxygens (including phenoxy) is 3. The molecule has 0 spiro atoms. The van der Waals surface area contributed by atoms with Crippen molar-refractivity contribution in [2.24, 2.45) is 11.5 Å². The highest BCUT2D eigenvalue weighted by molar-refractivity contribution is 4.61. The molecular formula is C22H48N2O3. The Morgan fingerprint density at radius 3 is 1.59 bits per heavy atom. The molecule has 0 aliphatic rings. The monoisotopic (exact) mass is 388 g/mol. The summed E-state index contributed by atoms with van der Waals surface area (Å²) in [7, 11) is 0. The zero-order chi connectivity index (χ0) is 19.8.